The van der Waals surface area contributed by atoms with E-state index in [1.807, 2.05) is 38.4 Å². The summed E-state index contributed by atoms with van der Waals surface area (Å²) in [6, 6.07) is 16.6. The lowest BCUT2D eigenvalue weighted by molar-refractivity contribution is 0.0924. The van der Waals surface area contributed by atoms with E-state index in [0.717, 1.165) is 62.1 Å². The van der Waals surface area contributed by atoms with E-state index < -0.39 is 0 Å². The zero-order chi connectivity index (χ0) is 23.2. The first-order valence-electron chi connectivity index (χ1n) is 12.0. The number of nitrogens with zero attached hydrogens (tertiary/aromatic N) is 3. The summed E-state index contributed by atoms with van der Waals surface area (Å²) in [6.07, 6.45) is 2.04. The number of piperazine rings is 1. The Morgan fingerprint density at radius 1 is 1.03 bits per heavy atom. The van der Waals surface area contributed by atoms with E-state index >= 15 is 0 Å². The summed E-state index contributed by atoms with van der Waals surface area (Å²) in [6.45, 7) is 8.89. The average molecular weight is 449 g/mol. The van der Waals surface area contributed by atoms with Gasteiger partial charge < -0.3 is 19.5 Å². The van der Waals surface area contributed by atoms with E-state index in [1.165, 1.54) is 11.3 Å². The molecule has 0 radical (unpaired) electrons. The molecule has 3 aromatic rings. The van der Waals surface area contributed by atoms with Crippen molar-refractivity contribution in [3.05, 3.63) is 65.4 Å². The van der Waals surface area contributed by atoms with Crippen LogP contribution in [0.15, 0.2) is 52.9 Å². The number of fused-ring (bicyclic) bond motifs is 1. The zero-order valence-electron chi connectivity index (χ0n) is 20.1. The Balaban J connectivity index is 1.21. The van der Waals surface area contributed by atoms with E-state index in [4.69, 9.17) is 4.42 Å². The van der Waals surface area contributed by atoms with Gasteiger partial charge in [0.15, 0.2) is 5.76 Å². The number of benzene rings is 2. The molecule has 0 spiro atoms. The number of rotatable bonds is 9. The van der Waals surface area contributed by atoms with Crippen LogP contribution in [0.25, 0.3) is 11.0 Å². The molecule has 1 aliphatic heterocycles. The highest BCUT2D eigenvalue weighted by Crippen LogP contribution is 2.26. The molecule has 0 bridgehead atoms. The number of anilines is 1. The Labute approximate surface area is 197 Å². The lowest BCUT2D eigenvalue weighted by atomic mass is 10.1. The van der Waals surface area contributed by atoms with Gasteiger partial charge in [-0.15, -0.1) is 0 Å². The van der Waals surface area contributed by atoms with Crippen molar-refractivity contribution < 1.29 is 9.21 Å². The molecular weight excluding hydrogens is 412 g/mol. The van der Waals surface area contributed by atoms with Gasteiger partial charge in [-0.25, -0.2) is 0 Å². The summed E-state index contributed by atoms with van der Waals surface area (Å²) >= 11 is 0. The Hall–Kier alpha value is -2.83. The second-order valence-corrected chi connectivity index (χ2v) is 9.27. The van der Waals surface area contributed by atoms with E-state index in [2.05, 4.69) is 51.2 Å². The van der Waals surface area contributed by atoms with Gasteiger partial charge in [0, 0.05) is 55.9 Å². The molecule has 0 saturated carbocycles. The maximum absolute atomic E-state index is 12.8. The molecule has 0 unspecified atom stereocenters. The number of para-hydroxylation sites is 1. The van der Waals surface area contributed by atoms with Crippen LogP contribution in [0.5, 0.6) is 0 Å². The van der Waals surface area contributed by atoms with Gasteiger partial charge in [0.2, 0.25) is 0 Å². The number of hydrogen-bond donors (Lipinski definition) is 1. The van der Waals surface area contributed by atoms with Crippen molar-refractivity contribution in [3.8, 4) is 0 Å². The fourth-order valence-corrected chi connectivity index (χ4v) is 4.55. The number of furan rings is 1. The van der Waals surface area contributed by atoms with Crippen LogP contribution in [0.3, 0.4) is 0 Å². The van der Waals surface area contributed by atoms with Gasteiger partial charge in [0.1, 0.15) is 5.58 Å². The summed E-state index contributed by atoms with van der Waals surface area (Å²) in [4.78, 5) is 19.9. The standard InChI is InChI=1S/C27H36N4O2/c1-21-9-8-10-22(19-21)31-17-15-30(16-18-31)14-7-6-13-28-27(32)26-24(20-29(2)3)23-11-4-5-12-25(23)33-26/h4-5,8-12,19H,6-7,13-18,20H2,1-3H3,(H,28,32). The SMILES string of the molecule is Cc1cccc(N2CCN(CCCCNC(=O)c3oc4ccccc4c3CN(C)C)CC2)c1. The second-order valence-electron chi connectivity index (χ2n) is 9.27. The topological polar surface area (TPSA) is 52.0 Å². The molecule has 4 rings (SSSR count). The monoisotopic (exact) mass is 448 g/mol. The van der Waals surface area contributed by atoms with Crippen molar-refractivity contribution in [2.24, 2.45) is 0 Å². The minimum atomic E-state index is -0.116. The molecule has 1 aromatic heterocycles. The molecule has 176 valence electrons. The fourth-order valence-electron chi connectivity index (χ4n) is 4.55. The van der Waals surface area contributed by atoms with Crippen LogP contribution in [0, 0.1) is 6.92 Å². The maximum Gasteiger partial charge on any atom is 0.287 e. The van der Waals surface area contributed by atoms with Crippen molar-refractivity contribution in [1.29, 1.82) is 0 Å². The average Bonchev–Trinajstić information content (AvgIpc) is 3.17. The van der Waals surface area contributed by atoms with Crippen molar-refractivity contribution in [3.63, 3.8) is 0 Å². The largest absolute Gasteiger partial charge is 0.451 e. The number of aryl methyl sites for hydroxylation is 1. The molecule has 33 heavy (non-hydrogen) atoms. The molecule has 1 saturated heterocycles. The van der Waals surface area contributed by atoms with Gasteiger partial charge in [-0.1, -0.05) is 30.3 Å². The highest BCUT2D eigenvalue weighted by molar-refractivity contribution is 5.99. The molecule has 2 aromatic carbocycles. The molecule has 2 heterocycles. The molecule has 0 atom stereocenters. The third kappa shape index (κ3) is 5.95. The van der Waals surface area contributed by atoms with Crippen molar-refractivity contribution in [1.82, 2.24) is 15.1 Å². The number of carbonyl (C=O) groups excluding carboxylic acids is 1. The second kappa shape index (κ2) is 10.9. The summed E-state index contributed by atoms with van der Waals surface area (Å²) in [5, 5.41) is 4.08. The maximum atomic E-state index is 12.8. The lowest BCUT2D eigenvalue weighted by Gasteiger charge is -2.36. The predicted molar refractivity (Wildman–Crippen MR) is 135 cm³/mol. The minimum Gasteiger partial charge on any atom is -0.451 e. The molecule has 6 nitrogen and oxygen atoms in total. The predicted octanol–water partition coefficient (Wildman–Crippen LogP) is 4.14. The number of nitrogens with one attached hydrogen (secondary N) is 1. The number of carbonyl (C=O) groups is 1. The van der Waals surface area contributed by atoms with Crippen LogP contribution < -0.4 is 10.2 Å². The van der Waals surface area contributed by atoms with Crippen LogP contribution in [-0.4, -0.2) is 69.1 Å². The van der Waals surface area contributed by atoms with Crippen molar-refractivity contribution in [2.75, 3.05) is 58.3 Å². The first kappa shape index (κ1) is 23.3. The Morgan fingerprint density at radius 3 is 2.58 bits per heavy atom. The van der Waals surface area contributed by atoms with Crippen molar-refractivity contribution in [2.45, 2.75) is 26.3 Å². The summed E-state index contributed by atoms with van der Waals surface area (Å²) in [5.74, 6) is 0.326. The Bertz CT molecular complexity index is 1070. The molecule has 1 aliphatic rings. The Kier molecular flexibility index (Phi) is 7.68. The molecule has 0 aliphatic carbocycles. The minimum absolute atomic E-state index is 0.116. The van der Waals surface area contributed by atoms with Crippen LogP contribution in [0.2, 0.25) is 0 Å². The Morgan fingerprint density at radius 2 is 1.82 bits per heavy atom. The zero-order valence-corrected chi connectivity index (χ0v) is 20.1. The van der Waals surface area contributed by atoms with Crippen LogP contribution >= 0.6 is 0 Å². The van der Waals surface area contributed by atoms with E-state index in [9.17, 15) is 4.79 Å². The quantitative estimate of drug-likeness (QED) is 0.499. The third-order valence-corrected chi connectivity index (χ3v) is 6.30. The van der Waals surface area contributed by atoms with E-state index in [0.29, 0.717) is 18.8 Å². The highest BCUT2D eigenvalue weighted by atomic mass is 16.3. The molecule has 1 amide bonds. The van der Waals surface area contributed by atoms with E-state index in [1.54, 1.807) is 0 Å². The van der Waals surface area contributed by atoms with Crippen LogP contribution in [0.4, 0.5) is 5.69 Å². The van der Waals surface area contributed by atoms with Gasteiger partial charge in [-0.2, -0.15) is 0 Å². The van der Waals surface area contributed by atoms with Gasteiger partial charge in [-0.3, -0.25) is 9.69 Å². The van der Waals surface area contributed by atoms with Gasteiger partial charge in [0.25, 0.3) is 5.91 Å². The number of amides is 1. The van der Waals surface area contributed by atoms with E-state index in [-0.39, 0.29) is 5.91 Å². The highest BCUT2D eigenvalue weighted by Gasteiger charge is 2.21. The van der Waals surface area contributed by atoms with Crippen molar-refractivity contribution >= 4 is 22.6 Å². The lowest BCUT2D eigenvalue weighted by Crippen LogP contribution is -2.46. The fraction of sp³-hybridized carbons (Fsp3) is 0.444. The molecule has 6 heteroatoms. The molecular formula is C27H36N4O2. The summed E-state index contributed by atoms with van der Waals surface area (Å²) in [5.41, 5.74) is 4.37. The van der Waals surface area contributed by atoms with Gasteiger partial charge >= 0.3 is 0 Å². The first-order valence-corrected chi connectivity index (χ1v) is 12.0. The van der Waals surface area contributed by atoms with Gasteiger partial charge in [-0.05, 0) is 64.2 Å². The third-order valence-electron chi connectivity index (χ3n) is 6.30. The summed E-state index contributed by atoms with van der Waals surface area (Å²) in [7, 11) is 4.01. The van der Waals surface area contributed by atoms with Gasteiger partial charge in [0.05, 0.1) is 0 Å². The number of hydrogen-bond acceptors (Lipinski definition) is 5. The molecule has 1 fully saturated rings. The van der Waals surface area contributed by atoms with Crippen LogP contribution in [-0.2, 0) is 6.54 Å². The normalized spacial score (nSPS) is 14.8. The summed E-state index contributed by atoms with van der Waals surface area (Å²) < 4.78 is 5.92. The smallest absolute Gasteiger partial charge is 0.287 e. The molecule has 1 N–H and O–H groups in total. The van der Waals surface area contributed by atoms with Crippen LogP contribution in [0.1, 0.15) is 34.5 Å². The first-order chi connectivity index (χ1) is 16.0. The number of unbranched alkanes of at least 4 members (excludes halogenated alkanes) is 1.